The topological polar surface area (TPSA) is 59.6 Å². The van der Waals surface area contributed by atoms with Gasteiger partial charge in [-0.3, -0.25) is 0 Å². The van der Waals surface area contributed by atoms with Gasteiger partial charge in [0, 0.05) is 7.11 Å². The number of nitrogens with one attached hydrogen (secondary N) is 2. The first-order valence-electron chi connectivity index (χ1n) is 6.85. The molecule has 0 aromatic heterocycles. The second kappa shape index (κ2) is 8.43. The molecule has 0 spiro atoms. The molecular formula is C15H24N2O3. The molecule has 1 aromatic carbocycles. The fourth-order valence-electron chi connectivity index (χ4n) is 1.86. The van der Waals surface area contributed by atoms with Crippen LogP contribution in [0.5, 0.6) is 5.75 Å². The minimum atomic E-state index is -0.198. The number of benzene rings is 1. The monoisotopic (exact) mass is 280 g/mol. The van der Waals surface area contributed by atoms with E-state index in [9.17, 15) is 4.79 Å². The van der Waals surface area contributed by atoms with Crippen LogP contribution in [0.25, 0.3) is 0 Å². The van der Waals surface area contributed by atoms with Crippen LogP contribution in [0, 0.1) is 0 Å². The van der Waals surface area contributed by atoms with Crippen molar-refractivity contribution in [3.05, 3.63) is 29.8 Å². The number of urea groups is 1. The third-order valence-corrected chi connectivity index (χ3v) is 2.83. The van der Waals surface area contributed by atoms with E-state index in [0.29, 0.717) is 13.2 Å². The van der Waals surface area contributed by atoms with Crippen molar-refractivity contribution in [1.82, 2.24) is 10.6 Å². The van der Waals surface area contributed by atoms with Gasteiger partial charge in [-0.2, -0.15) is 0 Å². The average Bonchev–Trinajstić information content (AvgIpc) is 2.39. The molecule has 0 aliphatic carbocycles. The van der Waals surface area contributed by atoms with Gasteiger partial charge in [0.15, 0.2) is 0 Å². The lowest BCUT2D eigenvalue weighted by atomic mass is 10.1. The van der Waals surface area contributed by atoms with E-state index in [-0.39, 0.29) is 18.1 Å². The third-order valence-electron chi connectivity index (χ3n) is 2.83. The maximum absolute atomic E-state index is 11.8. The molecule has 5 heteroatoms. The normalized spacial score (nSPS) is 13.4. The predicted octanol–water partition coefficient (Wildman–Crippen LogP) is 2.48. The van der Waals surface area contributed by atoms with Crippen molar-refractivity contribution < 1.29 is 14.3 Å². The molecule has 0 bridgehead atoms. The summed E-state index contributed by atoms with van der Waals surface area (Å²) in [5, 5.41) is 5.70. The first-order chi connectivity index (χ1) is 9.56. The largest absolute Gasteiger partial charge is 0.494 e. The molecule has 0 saturated heterocycles. The van der Waals surface area contributed by atoms with Gasteiger partial charge in [0.2, 0.25) is 0 Å². The van der Waals surface area contributed by atoms with E-state index >= 15 is 0 Å². The lowest BCUT2D eigenvalue weighted by Crippen LogP contribution is -2.43. The molecule has 0 heterocycles. The van der Waals surface area contributed by atoms with Crippen LogP contribution < -0.4 is 15.4 Å². The van der Waals surface area contributed by atoms with Crippen LogP contribution in [-0.4, -0.2) is 32.4 Å². The average molecular weight is 280 g/mol. The summed E-state index contributed by atoms with van der Waals surface area (Å²) < 4.78 is 10.4. The van der Waals surface area contributed by atoms with Crippen LogP contribution in [0.4, 0.5) is 4.79 Å². The third kappa shape index (κ3) is 5.48. The first kappa shape index (κ1) is 16.3. The zero-order valence-electron chi connectivity index (χ0n) is 12.6. The summed E-state index contributed by atoms with van der Waals surface area (Å²) in [5.74, 6) is 0.835. The van der Waals surface area contributed by atoms with E-state index in [4.69, 9.17) is 9.47 Å². The molecule has 2 amide bonds. The summed E-state index contributed by atoms with van der Waals surface area (Å²) in [4.78, 5) is 11.8. The number of methoxy groups -OCH3 is 1. The minimum Gasteiger partial charge on any atom is -0.494 e. The molecule has 112 valence electrons. The van der Waals surface area contributed by atoms with Gasteiger partial charge < -0.3 is 20.1 Å². The molecule has 2 atom stereocenters. The van der Waals surface area contributed by atoms with Gasteiger partial charge >= 0.3 is 6.03 Å². The molecule has 20 heavy (non-hydrogen) atoms. The van der Waals surface area contributed by atoms with Gasteiger partial charge in [0.25, 0.3) is 0 Å². The number of amides is 2. The summed E-state index contributed by atoms with van der Waals surface area (Å²) in [5.41, 5.74) is 1.03. The zero-order valence-corrected chi connectivity index (χ0v) is 12.6. The molecule has 5 nitrogen and oxygen atoms in total. The molecule has 2 unspecified atom stereocenters. The molecule has 0 fully saturated rings. The van der Waals surface area contributed by atoms with Gasteiger partial charge in [-0.25, -0.2) is 4.79 Å². The lowest BCUT2D eigenvalue weighted by molar-refractivity contribution is 0.170. The molecule has 0 radical (unpaired) electrons. The van der Waals surface area contributed by atoms with Crippen LogP contribution in [0.2, 0.25) is 0 Å². The summed E-state index contributed by atoms with van der Waals surface area (Å²) in [6, 6.07) is 7.43. The Hall–Kier alpha value is -1.75. The van der Waals surface area contributed by atoms with Gasteiger partial charge in [-0.15, -0.1) is 0 Å². The fraction of sp³-hybridized carbons (Fsp3) is 0.533. The molecule has 1 aromatic rings. The summed E-state index contributed by atoms with van der Waals surface area (Å²) in [6.07, 6.45) is 0. The number of carbonyl (C=O) groups is 1. The highest BCUT2D eigenvalue weighted by molar-refractivity contribution is 5.74. The van der Waals surface area contributed by atoms with Crippen molar-refractivity contribution in [3.63, 3.8) is 0 Å². The summed E-state index contributed by atoms with van der Waals surface area (Å²) in [6.45, 7) is 6.92. The van der Waals surface area contributed by atoms with Crippen LogP contribution >= 0.6 is 0 Å². The van der Waals surface area contributed by atoms with E-state index in [2.05, 4.69) is 10.6 Å². The minimum absolute atomic E-state index is 0.0208. The molecule has 0 aliphatic heterocycles. The SMILES string of the molecule is CCOc1ccc(C(C)NC(=O)NC(C)COC)cc1. The Morgan fingerprint density at radius 3 is 2.40 bits per heavy atom. The summed E-state index contributed by atoms with van der Waals surface area (Å²) >= 11 is 0. The van der Waals surface area contributed by atoms with E-state index in [1.807, 2.05) is 45.0 Å². The smallest absolute Gasteiger partial charge is 0.315 e. The quantitative estimate of drug-likeness (QED) is 0.806. The number of hydrogen-bond acceptors (Lipinski definition) is 3. The zero-order chi connectivity index (χ0) is 15.0. The highest BCUT2D eigenvalue weighted by atomic mass is 16.5. The van der Waals surface area contributed by atoms with Crippen molar-refractivity contribution in [2.24, 2.45) is 0 Å². The van der Waals surface area contributed by atoms with Gasteiger partial charge in [0.1, 0.15) is 5.75 Å². The van der Waals surface area contributed by atoms with Gasteiger partial charge in [-0.05, 0) is 38.5 Å². The Bertz CT molecular complexity index is 406. The van der Waals surface area contributed by atoms with Crippen molar-refractivity contribution >= 4 is 6.03 Å². The predicted molar refractivity (Wildman–Crippen MR) is 79.0 cm³/mol. The number of carbonyl (C=O) groups excluding carboxylic acids is 1. The van der Waals surface area contributed by atoms with E-state index in [0.717, 1.165) is 11.3 Å². The van der Waals surface area contributed by atoms with Crippen LogP contribution in [0.1, 0.15) is 32.4 Å². The highest BCUT2D eigenvalue weighted by Gasteiger charge is 2.11. The van der Waals surface area contributed by atoms with Crippen molar-refractivity contribution in [2.75, 3.05) is 20.3 Å². The van der Waals surface area contributed by atoms with Crippen molar-refractivity contribution in [1.29, 1.82) is 0 Å². The molecule has 0 aliphatic rings. The summed E-state index contributed by atoms with van der Waals surface area (Å²) in [7, 11) is 1.61. The number of hydrogen-bond donors (Lipinski definition) is 2. The standard InChI is InChI=1S/C15H24N2O3/c1-5-20-14-8-6-13(7-9-14)12(3)17-15(18)16-11(2)10-19-4/h6-9,11-12H,5,10H2,1-4H3,(H2,16,17,18). The van der Waals surface area contributed by atoms with Crippen LogP contribution in [0.3, 0.4) is 0 Å². The van der Waals surface area contributed by atoms with E-state index in [1.165, 1.54) is 0 Å². The van der Waals surface area contributed by atoms with E-state index < -0.39 is 0 Å². The van der Waals surface area contributed by atoms with E-state index in [1.54, 1.807) is 7.11 Å². The Morgan fingerprint density at radius 1 is 1.20 bits per heavy atom. The maximum atomic E-state index is 11.8. The first-order valence-corrected chi connectivity index (χ1v) is 6.85. The molecular weight excluding hydrogens is 256 g/mol. The van der Waals surface area contributed by atoms with Crippen molar-refractivity contribution in [2.45, 2.75) is 32.9 Å². The highest BCUT2D eigenvalue weighted by Crippen LogP contribution is 2.17. The Labute approximate surface area is 120 Å². The fourth-order valence-corrected chi connectivity index (χ4v) is 1.86. The second-order valence-corrected chi connectivity index (χ2v) is 4.70. The number of ether oxygens (including phenoxy) is 2. The maximum Gasteiger partial charge on any atom is 0.315 e. The Kier molecular flexibility index (Phi) is 6.87. The second-order valence-electron chi connectivity index (χ2n) is 4.70. The number of rotatable bonds is 7. The van der Waals surface area contributed by atoms with Crippen LogP contribution in [0.15, 0.2) is 24.3 Å². The Morgan fingerprint density at radius 2 is 1.85 bits per heavy atom. The lowest BCUT2D eigenvalue weighted by Gasteiger charge is -2.18. The van der Waals surface area contributed by atoms with Crippen molar-refractivity contribution in [3.8, 4) is 5.75 Å². The Balaban J connectivity index is 2.48. The molecule has 0 saturated carbocycles. The van der Waals surface area contributed by atoms with Gasteiger partial charge in [-0.1, -0.05) is 12.1 Å². The van der Waals surface area contributed by atoms with Crippen LogP contribution in [-0.2, 0) is 4.74 Å². The molecule has 1 rings (SSSR count). The molecule has 2 N–H and O–H groups in total. The van der Waals surface area contributed by atoms with Gasteiger partial charge in [0.05, 0.1) is 25.3 Å².